The first-order valence-electron chi connectivity index (χ1n) is 7.14. The molecule has 0 aliphatic heterocycles. The summed E-state index contributed by atoms with van der Waals surface area (Å²) < 4.78 is 5.57. The zero-order valence-corrected chi connectivity index (χ0v) is 12.4. The minimum absolute atomic E-state index is 0.0166. The molecule has 0 bridgehead atoms. The molecule has 0 aromatic heterocycles. The summed E-state index contributed by atoms with van der Waals surface area (Å²) in [7, 11) is 0. The van der Waals surface area contributed by atoms with Gasteiger partial charge in [-0.25, -0.2) is 4.79 Å². The third kappa shape index (κ3) is 5.41. The smallest absolute Gasteiger partial charge is 0.335 e. The van der Waals surface area contributed by atoms with Crippen LogP contribution in [0.15, 0.2) is 18.2 Å². The van der Waals surface area contributed by atoms with Crippen molar-refractivity contribution in [1.29, 1.82) is 0 Å². The minimum atomic E-state index is -1.13. The third-order valence-electron chi connectivity index (χ3n) is 3.20. The van der Waals surface area contributed by atoms with Crippen molar-refractivity contribution >= 4 is 11.7 Å². The normalized spacial score (nSPS) is 11.9. The van der Waals surface area contributed by atoms with E-state index in [-0.39, 0.29) is 23.1 Å². The van der Waals surface area contributed by atoms with Crippen LogP contribution in [0.1, 0.15) is 56.3 Å². The molecule has 0 spiro atoms. The highest BCUT2D eigenvalue weighted by molar-refractivity contribution is 5.88. The average molecular weight is 295 g/mol. The summed E-state index contributed by atoms with van der Waals surface area (Å²) in [6.07, 6.45) is 4.98. The summed E-state index contributed by atoms with van der Waals surface area (Å²) in [5.74, 6) is -1.12. The largest absolute Gasteiger partial charge is 0.484 e. The molecule has 21 heavy (non-hydrogen) atoms. The van der Waals surface area contributed by atoms with Crippen LogP contribution in [0.2, 0.25) is 0 Å². The SMILES string of the molecule is CCCCCCC(C)Oc1cc(C(=O)O)ccc1[N+](=O)[O-]. The quantitative estimate of drug-likeness (QED) is 0.422. The van der Waals surface area contributed by atoms with Crippen molar-refractivity contribution < 1.29 is 19.6 Å². The van der Waals surface area contributed by atoms with Crippen LogP contribution < -0.4 is 4.74 Å². The Bertz CT molecular complexity index is 501. The van der Waals surface area contributed by atoms with E-state index in [0.717, 1.165) is 32.1 Å². The van der Waals surface area contributed by atoms with Crippen molar-refractivity contribution in [2.75, 3.05) is 0 Å². The lowest BCUT2D eigenvalue weighted by molar-refractivity contribution is -0.386. The number of nitro groups is 1. The average Bonchev–Trinajstić information content (AvgIpc) is 2.43. The molecule has 1 unspecified atom stereocenters. The molecule has 0 fully saturated rings. The van der Waals surface area contributed by atoms with Crippen LogP contribution in [0.4, 0.5) is 5.69 Å². The van der Waals surface area contributed by atoms with Gasteiger partial charge in [0, 0.05) is 12.1 Å². The monoisotopic (exact) mass is 295 g/mol. The van der Waals surface area contributed by atoms with Gasteiger partial charge in [-0.05, 0) is 25.8 Å². The van der Waals surface area contributed by atoms with Gasteiger partial charge in [-0.15, -0.1) is 0 Å². The first kappa shape index (κ1) is 16.9. The molecule has 0 aliphatic carbocycles. The molecule has 6 heteroatoms. The summed E-state index contributed by atoms with van der Waals surface area (Å²) in [6, 6.07) is 3.59. The molecule has 1 aromatic rings. The van der Waals surface area contributed by atoms with E-state index in [1.54, 1.807) is 0 Å². The number of carboxylic acids is 1. The number of unbranched alkanes of at least 4 members (excludes halogenated alkanes) is 3. The predicted molar refractivity (Wildman–Crippen MR) is 78.9 cm³/mol. The second kappa shape index (κ2) is 8.24. The number of ether oxygens (including phenoxy) is 1. The topological polar surface area (TPSA) is 89.7 Å². The van der Waals surface area contributed by atoms with Crippen molar-refractivity contribution in [2.45, 2.75) is 52.1 Å². The standard InChI is InChI=1S/C15H21NO5/c1-3-4-5-6-7-11(2)21-14-10-12(15(17)18)8-9-13(14)16(19)20/h8-11H,3-7H2,1-2H3,(H,17,18). The molecule has 6 nitrogen and oxygen atoms in total. The second-order valence-corrected chi connectivity index (χ2v) is 5.02. The lowest BCUT2D eigenvalue weighted by Crippen LogP contribution is -2.13. The van der Waals surface area contributed by atoms with E-state index in [2.05, 4.69) is 6.92 Å². The Morgan fingerprint density at radius 3 is 2.67 bits per heavy atom. The summed E-state index contributed by atoms with van der Waals surface area (Å²) in [4.78, 5) is 21.3. The van der Waals surface area contributed by atoms with Crippen molar-refractivity contribution in [3.8, 4) is 5.75 Å². The molecule has 0 radical (unpaired) electrons. The van der Waals surface area contributed by atoms with Gasteiger partial charge in [0.15, 0.2) is 5.75 Å². The lowest BCUT2D eigenvalue weighted by atomic mass is 10.1. The molecule has 0 aliphatic rings. The Morgan fingerprint density at radius 2 is 2.10 bits per heavy atom. The Morgan fingerprint density at radius 1 is 1.38 bits per heavy atom. The number of carbonyl (C=O) groups is 1. The summed E-state index contributed by atoms with van der Waals surface area (Å²) >= 11 is 0. The van der Waals surface area contributed by atoms with Gasteiger partial charge in [0.05, 0.1) is 16.6 Å². The van der Waals surface area contributed by atoms with Crippen LogP contribution in [-0.4, -0.2) is 22.1 Å². The Hall–Kier alpha value is -2.11. The van der Waals surface area contributed by atoms with E-state index < -0.39 is 10.9 Å². The number of rotatable bonds is 9. The fourth-order valence-corrected chi connectivity index (χ4v) is 2.03. The van der Waals surface area contributed by atoms with E-state index in [1.807, 2.05) is 6.92 Å². The highest BCUT2D eigenvalue weighted by Gasteiger charge is 2.19. The fraction of sp³-hybridized carbons (Fsp3) is 0.533. The number of aromatic carboxylic acids is 1. The van der Waals surface area contributed by atoms with Gasteiger partial charge in [0.2, 0.25) is 0 Å². The lowest BCUT2D eigenvalue weighted by Gasteiger charge is -2.15. The first-order valence-corrected chi connectivity index (χ1v) is 7.14. The molecule has 1 aromatic carbocycles. The van der Waals surface area contributed by atoms with Crippen molar-refractivity contribution in [3.05, 3.63) is 33.9 Å². The zero-order valence-electron chi connectivity index (χ0n) is 12.4. The highest BCUT2D eigenvalue weighted by Crippen LogP contribution is 2.29. The van der Waals surface area contributed by atoms with E-state index in [1.165, 1.54) is 18.2 Å². The molecule has 0 amide bonds. The van der Waals surface area contributed by atoms with Crippen LogP contribution in [0.25, 0.3) is 0 Å². The molecule has 0 saturated carbocycles. The van der Waals surface area contributed by atoms with Crippen molar-refractivity contribution in [2.24, 2.45) is 0 Å². The van der Waals surface area contributed by atoms with Gasteiger partial charge in [-0.1, -0.05) is 26.2 Å². The van der Waals surface area contributed by atoms with Crippen LogP contribution in [0.5, 0.6) is 5.75 Å². The summed E-state index contributed by atoms with van der Waals surface area (Å²) in [5, 5.41) is 19.9. The van der Waals surface area contributed by atoms with Crippen molar-refractivity contribution in [1.82, 2.24) is 0 Å². The van der Waals surface area contributed by atoms with Crippen LogP contribution in [0, 0.1) is 10.1 Å². The maximum absolute atomic E-state index is 11.0. The van der Waals surface area contributed by atoms with Gasteiger partial charge in [0.25, 0.3) is 0 Å². The molecule has 0 saturated heterocycles. The van der Waals surface area contributed by atoms with Crippen LogP contribution in [0.3, 0.4) is 0 Å². The molecular weight excluding hydrogens is 274 g/mol. The molecule has 1 atom stereocenters. The fourth-order valence-electron chi connectivity index (χ4n) is 2.03. The number of benzene rings is 1. The highest BCUT2D eigenvalue weighted by atomic mass is 16.6. The number of nitro benzene ring substituents is 1. The third-order valence-corrected chi connectivity index (χ3v) is 3.20. The first-order chi connectivity index (χ1) is 9.95. The van der Waals surface area contributed by atoms with Crippen LogP contribution >= 0.6 is 0 Å². The van der Waals surface area contributed by atoms with Gasteiger partial charge < -0.3 is 9.84 Å². The maximum Gasteiger partial charge on any atom is 0.335 e. The van der Waals surface area contributed by atoms with E-state index in [4.69, 9.17) is 9.84 Å². The van der Waals surface area contributed by atoms with Gasteiger partial charge in [-0.2, -0.15) is 0 Å². The van der Waals surface area contributed by atoms with Crippen molar-refractivity contribution in [3.63, 3.8) is 0 Å². The summed E-state index contributed by atoms with van der Waals surface area (Å²) in [5.41, 5.74) is -0.228. The minimum Gasteiger partial charge on any atom is -0.484 e. The van der Waals surface area contributed by atoms with E-state index in [9.17, 15) is 14.9 Å². The van der Waals surface area contributed by atoms with Gasteiger partial charge >= 0.3 is 11.7 Å². The Balaban J connectivity index is 2.77. The molecule has 1 rings (SSSR count). The van der Waals surface area contributed by atoms with Gasteiger partial charge in [-0.3, -0.25) is 10.1 Å². The number of nitrogens with zero attached hydrogens (tertiary/aromatic N) is 1. The van der Waals surface area contributed by atoms with E-state index in [0.29, 0.717) is 0 Å². The number of hydrogen-bond donors (Lipinski definition) is 1. The number of carboxylic acid groups (broad SMARTS) is 1. The molecule has 0 heterocycles. The van der Waals surface area contributed by atoms with Gasteiger partial charge in [0.1, 0.15) is 0 Å². The second-order valence-electron chi connectivity index (χ2n) is 5.02. The predicted octanol–water partition coefficient (Wildman–Crippen LogP) is 4.03. The molecule has 116 valence electrons. The number of hydrogen-bond acceptors (Lipinski definition) is 4. The van der Waals surface area contributed by atoms with E-state index >= 15 is 0 Å². The maximum atomic E-state index is 11.0. The summed E-state index contributed by atoms with van der Waals surface area (Å²) in [6.45, 7) is 3.96. The molecular formula is C15H21NO5. The zero-order chi connectivity index (χ0) is 15.8. The molecule has 1 N–H and O–H groups in total. The Labute approximate surface area is 123 Å². The Kier molecular flexibility index (Phi) is 6.65. The van der Waals surface area contributed by atoms with Crippen LogP contribution in [-0.2, 0) is 0 Å².